The van der Waals surface area contributed by atoms with Crippen molar-refractivity contribution in [1.29, 1.82) is 0 Å². The summed E-state index contributed by atoms with van der Waals surface area (Å²) in [6.45, 7) is 4.28. The molecule has 3 amide bonds. The third-order valence-corrected chi connectivity index (χ3v) is 8.19. The maximum absolute atomic E-state index is 13.5. The van der Waals surface area contributed by atoms with Gasteiger partial charge in [-0.3, -0.25) is 14.4 Å². The molecule has 0 spiro atoms. The molecule has 0 fully saturated rings. The van der Waals surface area contributed by atoms with Crippen molar-refractivity contribution in [2.75, 3.05) is 10.6 Å². The van der Waals surface area contributed by atoms with Crippen LogP contribution in [0, 0.1) is 6.92 Å². The highest BCUT2D eigenvalue weighted by Gasteiger charge is 2.17. The van der Waals surface area contributed by atoms with Gasteiger partial charge < -0.3 is 20.7 Å². The smallest absolute Gasteiger partial charge is 0.272 e. The fraction of sp³-hybridized carbons (Fsp3) is 0.103. The van der Waals surface area contributed by atoms with Gasteiger partial charge >= 0.3 is 0 Å². The fourth-order valence-corrected chi connectivity index (χ4v) is 5.33. The van der Waals surface area contributed by atoms with E-state index >= 15 is 0 Å². The molecule has 5 rings (SSSR count). The predicted octanol–water partition coefficient (Wildman–Crippen LogP) is 8.10. The Hall–Kier alpha value is -5.60. The molecule has 47 heavy (non-hydrogen) atoms. The lowest BCUT2D eigenvalue weighted by Crippen LogP contribution is -2.30. The Morgan fingerprint density at radius 3 is 1.98 bits per heavy atom. The molecule has 1 unspecified atom stereocenters. The van der Waals surface area contributed by atoms with Crippen molar-refractivity contribution in [3.8, 4) is 5.75 Å². The summed E-state index contributed by atoms with van der Waals surface area (Å²) in [5, 5.41) is 8.24. The molecular weight excluding hydrogens is 607 g/mol. The minimum atomic E-state index is -0.482. The topological polar surface area (TPSA) is 96.5 Å². The Balaban J connectivity index is 1.24. The first-order chi connectivity index (χ1) is 22.8. The normalized spacial score (nSPS) is 11.7. The molecule has 0 heterocycles. The minimum Gasteiger partial charge on any atom is -0.489 e. The molecule has 3 N–H and O–H groups in total. The number of nitrogens with one attached hydrogen (secondary N) is 3. The number of benzene rings is 5. The summed E-state index contributed by atoms with van der Waals surface area (Å²) >= 11 is 1.42. The van der Waals surface area contributed by atoms with Gasteiger partial charge in [0.2, 0.25) is 5.91 Å². The van der Waals surface area contributed by atoms with E-state index in [1.54, 1.807) is 42.5 Å². The van der Waals surface area contributed by atoms with Gasteiger partial charge in [-0.2, -0.15) is 0 Å². The second kappa shape index (κ2) is 16.1. The van der Waals surface area contributed by atoms with Gasteiger partial charge in [0.05, 0.1) is 5.25 Å². The maximum atomic E-state index is 13.5. The number of anilines is 2. The number of carbonyl (C=O) groups is 3. The number of aryl methyl sites for hydroxylation is 1. The summed E-state index contributed by atoms with van der Waals surface area (Å²) in [6.07, 6.45) is 1.62. The standard InChI is InChI=1S/C39H35N3O4S/c1-27-13-17-32(18-14-27)40-37(43)28(2)47-35-23-19-33(20-24-35)41-39(45)36(42-38(44)31-11-7-4-8-12-31)25-29-15-21-34(22-16-29)46-26-30-9-5-3-6-10-30/h3-25,28H,26H2,1-2H3,(H,40,43)(H,41,45)(H,42,44)/b36-25-. The molecule has 0 aliphatic heterocycles. The highest BCUT2D eigenvalue weighted by atomic mass is 32.2. The van der Waals surface area contributed by atoms with Crippen molar-refractivity contribution in [1.82, 2.24) is 5.32 Å². The summed E-state index contributed by atoms with van der Waals surface area (Å²) in [4.78, 5) is 40.1. The molecule has 0 radical (unpaired) electrons. The van der Waals surface area contributed by atoms with E-state index in [2.05, 4.69) is 16.0 Å². The number of ether oxygens (including phenoxy) is 1. The zero-order valence-electron chi connectivity index (χ0n) is 26.1. The largest absolute Gasteiger partial charge is 0.489 e. The van der Waals surface area contributed by atoms with Gasteiger partial charge in [-0.15, -0.1) is 11.8 Å². The Kier molecular flexibility index (Phi) is 11.2. The van der Waals surface area contributed by atoms with E-state index in [9.17, 15) is 14.4 Å². The van der Waals surface area contributed by atoms with Crippen LogP contribution >= 0.6 is 11.8 Å². The Morgan fingerprint density at radius 2 is 1.32 bits per heavy atom. The van der Waals surface area contributed by atoms with Crippen LogP contribution in [0.1, 0.15) is 34.0 Å². The van der Waals surface area contributed by atoms with E-state index in [-0.39, 0.29) is 16.9 Å². The quantitative estimate of drug-likeness (QED) is 0.0945. The highest BCUT2D eigenvalue weighted by molar-refractivity contribution is 8.00. The zero-order valence-corrected chi connectivity index (χ0v) is 26.9. The van der Waals surface area contributed by atoms with Crippen molar-refractivity contribution in [2.45, 2.75) is 30.6 Å². The first-order valence-electron chi connectivity index (χ1n) is 15.1. The van der Waals surface area contributed by atoms with Crippen LogP contribution in [-0.4, -0.2) is 23.0 Å². The Bertz CT molecular complexity index is 1820. The molecule has 5 aromatic rings. The molecule has 5 aromatic carbocycles. The maximum Gasteiger partial charge on any atom is 0.272 e. The van der Waals surface area contributed by atoms with Crippen LogP contribution in [0.4, 0.5) is 11.4 Å². The van der Waals surface area contributed by atoms with Gasteiger partial charge in [-0.1, -0.05) is 78.4 Å². The summed E-state index contributed by atoms with van der Waals surface area (Å²) in [7, 11) is 0. The molecule has 0 aromatic heterocycles. The van der Waals surface area contributed by atoms with Crippen LogP contribution in [-0.2, 0) is 16.2 Å². The molecule has 0 aliphatic rings. The van der Waals surface area contributed by atoms with Crippen LogP contribution in [0.25, 0.3) is 6.08 Å². The van der Waals surface area contributed by atoms with Gasteiger partial charge in [0.25, 0.3) is 11.8 Å². The first-order valence-corrected chi connectivity index (χ1v) is 16.0. The van der Waals surface area contributed by atoms with E-state index < -0.39 is 11.8 Å². The lowest BCUT2D eigenvalue weighted by Gasteiger charge is -2.14. The van der Waals surface area contributed by atoms with Crippen LogP contribution in [0.5, 0.6) is 5.75 Å². The molecule has 7 nitrogen and oxygen atoms in total. The Labute approximate surface area is 279 Å². The molecule has 236 valence electrons. The average molecular weight is 642 g/mol. The predicted molar refractivity (Wildman–Crippen MR) is 189 cm³/mol. The molecular formula is C39H35N3O4S. The van der Waals surface area contributed by atoms with E-state index in [1.807, 2.05) is 111 Å². The van der Waals surface area contributed by atoms with Gasteiger partial charge in [-0.05, 0) is 91.7 Å². The van der Waals surface area contributed by atoms with Gasteiger partial charge in [0.15, 0.2) is 0 Å². The number of thioether (sulfide) groups is 1. The van der Waals surface area contributed by atoms with Crippen LogP contribution in [0.3, 0.4) is 0 Å². The van der Waals surface area contributed by atoms with Crippen molar-refractivity contribution < 1.29 is 19.1 Å². The number of rotatable bonds is 12. The van der Waals surface area contributed by atoms with E-state index in [4.69, 9.17) is 4.74 Å². The fourth-order valence-electron chi connectivity index (χ4n) is 4.46. The zero-order chi connectivity index (χ0) is 33.0. The van der Waals surface area contributed by atoms with Crippen LogP contribution in [0.2, 0.25) is 0 Å². The van der Waals surface area contributed by atoms with Crippen molar-refractivity contribution in [3.05, 3.63) is 161 Å². The summed E-state index contributed by atoms with van der Waals surface area (Å²) in [6, 6.07) is 40.8. The average Bonchev–Trinajstić information content (AvgIpc) is 3.10. The lowest BCUT2D eigenvalue weighted by molar-refractivity contribution is -0.115. The number of hydrogen-bond acceptors (Lipinski definition) is 5. The monoisotopic (exact) mass is 641 g/mol. The number of amides is 3. The highest BCUT2D eigenvalue weighted by Crippen LogP contribution is 2.26. The van der Waals surface area contributed by atoms with Crippen molar-refractivity contribution in [2.24, 2.45) is 0 Å². The van der Waals surface area contributed by atoms with Gasteiger partial charge in [0.1, 0.15) is 18.1 Å². The summed E-state index contributed by atoms with van der Waals surface area (Å²) in [5.41, 5.74) is 4.69. The molecule has 0 saturated heterocycles. The summed E-state index contributed by atoms with van der Waals surface area (Å²) < 4.78 is 5.88. The molecule has 0 bridgehead atoms. The SMILES string of the molecule is Cc1ccc(NC(=O)C(C)Sc2ccc(NC(=O)/C(=C/c3ccc(OCc4ccccc4)cc3)NC(=O)c3ccccc3)cc2)cc1. The first kappa shape index (κ1) is 32.8. The third-order valence-electron chi connectivity index (χ3n) is 7.08. The second-order valence-electron chi connectivity index (χ2n) is 10.8. The van der Waals surface area contributed by atoms with Crippen LogP contribution < -0.4 is 20.7 Å². The van der Waals surface area contributed by atoms with E-state index in [0.717, 1.165) is 21.7 Å². The Morgan fingerprint density at radius 1 is 0.723 bits per heavy atom. The molecule has 1 atom stereocenters. The van der Waals surface area contributed by atoms with Crippen LogP contribution in [0.15, 0.2) is 144 Å². The van der Waals surface area contributed by atoms with Gasteiger partial charge in [0, 0.05) is 21.8 Å². The van der Waals surface area contributed by atoms with E-state index in [1.165, 1.54) is 11.8 Å². The van der Waals surface area contributed by atoms with E-state index in [0.29, 0.717) is 29.2 Å². The molecule has 0 aliphatic carbocycles. The lowest BCUT2D eigenvalue weighted by atomic mass is 10.1. The number of hydrogen-bond donors (Lipinski definition) is 3. The van der Waals surface area contributed by atoms with Crippen molar-refractivity contribution >= 4 is 46.9 Å². The molecule has 8 heteroatoms. The third kappa shape index (κ3) is 9.94. The van der Waals surface area contributed by atoms with Crippen molar-refractivity contribution in [3.63, 3.8) is 0 Å². The summed E-state index contributed by atoms with van der Waals surface area (Å²) in [5.74, 6) is -0.300. The second-order valence-corrected chi connectivity index (χ2v) is 12.2. The van der Waals surface area contributed by atoms with Gasteiger partial charge in [-0.25, -0.2) is 0 Å². The molecule has 0 saturated carbocycles. The number of carbonyl (C=O) groups excluding carboxylic acids is 3. The minimum absolute atomic E-state index is 0.0802.